The van der Waals surface area contributed by atoms with Gasteiger partial charge in [-0.3, -0.25) is 4.90 Å². The van der Waals surface area contributed by atoms with Crippen LogP contribution in [0.2, 0.25) is 0 Å². The van der Waals surface area contributed by atoms with E-state index >= 15 is 0 Å². The first-order valence-corrected chi connectivity index (χ1v) is 7.98. The van der Waals surface area contributed by atoms with Gasteiger partial charge in [0.05, 0.1) is 6.54 Å². The molecule has 7 heteroatoms. The molecule has 130 valence electrons. The van der Waals surface area contributed by atoms with Crippen LogP contribution in [0.5, 0.6) is 0 Å². The molecule has 0 amide bonds. The fourth-order valence-corrected chi connectivity index (χ4v) is 2.61. The predicted octanol–water partition coefficient (Wildman–Crippen LogP) is 2.39. The Morgan fingerprint density at radius 3 is 2.78 bits per heavy atom. The molecule has 1 aliphatic heterocycles. The van der Waals surface area contributed by atoms with Gasteiger partial charge in [0.1, 0.15) is 12.0 Å². The number of rotatable bonds is 6. The van der Waals surface area contributed by atoms with Crippen molar-refractivity contribution in [1.82, 2.24) is 20.7 Å². The Bertz CT molecular complexity index is 481. The molecule has 6 nitrogen and oxygen atoms in total. The molecule has 1 aromatic heterocycles. The lowest BCUT2D eigenvalue weighted by Gasteiger charge is -2.33. The first-order valence-electron chi connectivity index (χ1n) is 7.98. The Hall–Kier alpha value is -1.09. The van der Waals surface area contributed by atoms with Crippen molar-refractivity contribution in [2.45, 2.75) is 39.3 Å². The summed E-state index contributed by atoms with van der Waals surface area (Å²) < 4.78 is 4.83. The van der Waals surface area contributed by atoms with E-state index in [0.717, 1.165) is 50.7 Å². The largest absolute Gasteiger partial charge is 0.364 e. The number of hydrogen-bond donors (Lipinski definition) is 2. The molecule has 0 spiro atoms. The number of aromatic nitrogens is 1. The van der Waals surface area contributed by atoms with Crippen molar-refractivity contribution in [2.24, 2.45) is 4.99 Å². The average molecular weight is 433 g/mol. The molecule has 1 aromatic rings. The summed E-state index contributed by atoms with van der Waals surface area (Å²) in [4.78, 5) is 7.02. The minimum atomic E-state index is 0. The van der Waals surface area contributed by atoms with E-state index < -0.39 is 0 Å². The lowest BCUT2D eigenvalue weighted by molar-refractivity contribution is 0.221. The van der Waals surface area contributed by atoms with Crippen molar-refractivity contribution in [3.8, 4) is 0 Å². The molecule has 1 aliphatic rings. The standard InChI is InChI=1S/C16H27N5O.HI/c1-4-17-16(18-11-15-7-10-22-20-15)19-14-5-8-21(9-6-14)12-13(2)3;/h7,10,14H,2,4-6,8-9,11-12H2,1,3H3,(H2,17,18,19);1H. The summed E-state index contributed by atoms with van der Waals surface area (Å²) in [7, 11) is 0. The third kappa shape index (κ3) is 7.34. The summed E-state index contributed by atoms with van der Waals surface area (Å²) >= 11 is 0. The molecule has 0 bridgehead atoms. The summed E-state index contributed by atoms with van der Waals surface area (Å²) in [5.74, 6) is 0.851. The zero-order chi connectivity index (χ0) is 15.8. The molecular formula is C16H28IN5O. The highest BCUT2D eigenvalue weighted by atomic mass is 127. The third-order valence-corrected chi connectivity index (χ3v) is 3.66. The molecule has 23 heavy (non-hydrogen) atoms. The van der Waals surface area contributed by atoms with Gasteiger partial charge < -0.3 is 15.2 Å². The monoisotopic (exact) mass is 433 g/mol. The summed E-state index contributed by atoms with van der Waals surface area (Å²) in [6, 6.07) is 2.31. The Kier molecular flexibility index (Phi) is 9.23. The minimum absolute atomic E-state index is 0. The van der Waals surface area contributed by atoms with Crippen molar-refractivity contribution in [1.29, 1.82) is 0 Å². The van der Waals surface area contributed by atoms with Crippen LogP contribution in [0.1, 0.15) is 32.4 Å². The van der Waals surface area contributed by atoms with Crippen LogP contribution in [0.15, 0.2) is 34.0 Å². The van der Waals surface area contributed by atoms with Crippen molar-refractivity contribution in [3.63, 3.8) is 0 Å². The molecule has 2 N–H and O–H groups in total. The number of guanidine groups is 1. The van der Waals surface area contributed by atoms with Crippen LogP contribution in [0.25, 0.3) is 0 Å². The van der Waals surface area contributed by atoms with Crippen molar-refractivity contribution >= 4 is 29.9 Å². The van der Waals surface area contributed by atoms with Crippen LogP contribution in [-0.4, -0.2) is 48.2 Å². The first-order chi connectivity index (χ1) is 10.7. The molecule has 0 radical (unpaired) electrons. The number of hydrogen-bond acceptors (Lipinski definition) is 4. The van der Waals surface area contributed by atoms with Crippen molar-refractivity contribution in [3.05, 3.63) is 30.2 Å². The number of aliphatic imine (C=N–C) groups is 1. The Morgan fingerprint density at radius 2 is 2.22 bits per heavy atom. The van der Waals surface area contributed by atoms with Gasteiger partial charge in [-0.1, -0.05) is 17.3 Å². The van der Waals surface area contributed by atoms with Crippen LogP contribution >= 0.6 is 24.0 Å². The number of piperidine rings is 1. The van der Waals surface area contributed by atoms with E-state index in [1.54, 1.807) is 6.26 Å². The van der Waals surface area contributed by atoms with Gasteiger partial charge in [0.25, 0.3) is 0 Å². The number of halogens is 1. The maximum absolute atomic E-state index is 4.83. The average Bonchev–Trinajstić information content (AvgIpc) is 3.00. The summed E-state index contributed by atoms with van der Waals surface area (Å²) in [6.45, 7) is 12.7. The Labute approximate surface area is 155 Å². The zero-order valence-electron chi connectivity index (χ0n) is 14.0. The SMILES string of the molecule is C=C(C)CN1CCC(NC(=NCc2ccon2)NCC)CC1.I. The molecule has 0 aromatic carbocycles. The Morgan fingerprint density at radius 1 is 1.48 bits per heavy atom. The molecule has 1 saturated heterocycles. The highest BCUT2D eigenvalue weighted by Gasteiger charge is 2.19. The van der Waals surface area contributed by atoms with Gasteiger partial charge in [-0.25, -0.2) is 4.99 Å². The fourth-order valence-electron chi connectivity index (χ4n) is 2.61. The lowest BCUT2D eigenvalue weighted by Crippen LogP contribution is -2.48. The lowest BCUT2D eigenvalue weighted by atomic mass is 10.0. The van der Waals surface area contributed by atoms with Crippen molar-refractivity contribution < 1.29 is 4.52 Å². The van der Waals surface area contributed by atoms with Gasteiger partial charge in [-0.05, 0) is 26.7 Å². The maximum Gasteiger partial charge on any atom is 0.191 e. The van der Waals surface area contributed by atoms with E-state index in [0.29, 0.717) is 12.6 Å². The topological polar surface area (TPSA) is 65.7 Å². The van der Waals surface area contributed by atoms with E-state index in [2.05, 4.69) is 46.1 Å². The summed E-state index contributed by atoms with van der Waals surface area (Å²) in [5, 5.41) is 10.7. The van der Waals surface area contributed by atoms with Gasteiger partial charge in [0.2, 0.25) is 0 Å². The van der Waals surface area contributed by atoms with Crippen LogP contribution in [0.4, 0.5) is 0 Å². The highest BCUT2D eigenvalue weighted by Crippen LogP contribution is 2.11. The molecule has 2 rings (SSSR count). The molecule has 0 saturated carbocycles. The molecule has 0 atom stereocenters. The molecule has 1 fully saturated rings. The van der Waals surface area contributed by atoms with Crippen LogP contribution in [0, 0.1) is 0 Å². The van der Waals surface area contributed by atoms with E-state index in [1.807, 2.05) is 6.07 Å². The normalized spacial score (nSPS) is 16.7. The quantitative estimate of drug-likeness (QED) is 0.312. The van der Waals surface area contributed by atoms with E-state index in [9.17, 15) is 0 Å². The number of nitrogens with zero attached hydrogens (tertiary/aromatic N) is 3. The predicted molar refractivity (Wildman–Crippen MR) is 104 cm³/mol. The summed E-state index contributed by atoms with van der Waals surface area (Å²) in [5.41, 5.74) is 2.07. The van der Waals surface area contributed by atoms with E-state index in [-0.39, 0.29) is 24.0 Å². The zero-order valence-corrected chi connectivity index (χ0v) is 16.4. The van der Waals surface area contributed by atoms with Gasteiger partial charge in [0, 0.05) is 38.3 Å². The molecule has 0 aliphatic carbocycles. The smallest absolute Gasteiger partial charge is 0.191 e. The number of nitrogens with one attached hydrogen (secondary N) is 2. The van der Waals surface area contributed by atoms with E-state index in [1.165, 1.54) is 5.57 Å². The number of likely N-dealkylation sites (tertiary alicyclic amines) is 1. The fraction of sp³-hybridized carbons (Fsp3) is 0.625. The van der Waals surface area contributed by atoms with Crippen LogP contribution < -0.4 is 10.6 Å². The van der Waals surface area contributed by atoms with Crippen LogP contribution in [-0.2, 0) is 6.54 Å². The second kappa shape index (κ2) is 10.6. The van der Waals surface area contributed by atoms with Crippen LogP contribution in [0.3, 0.4) is 0 Å². The highest BCUT2D eigenvalue weighted by molar-refractivity contribution is 14.0. The van der Waals surface area contributed by atoms with Gasteiger partial charge in [0.15, 0.2) is 5.96 Å². The van der Waals surface area contributed by atoms with Crippen molar-refractivity contribution in [2.75, 3.05) is 26.2 Å². The maximum atomic E-state index is 4.83. The molecule has 2 heterocycles. The second-order valence-electron chi connectivity index (χ2n) is 5.84. The minimum Gasteiger partial charge on any atom is -0.364 e. The molecule has 0 unspecified atom stereocenters. The van der Waals surface area contributed by atoms with Gasteiger partial charge in [-0.2, -0.15) is 0 Å². The Balaban J connectivity index is 0.00000264. The summed E-state index contributed by atoms with van der Waals surface area (Å²) in [6.07, 6.45) is 3.83. The first kappa shape index (κ1) is 20.0. The molecular weight excluding hydrogens is 405 g/mol. The van der Waals surface area contributed by atoms with Gasteiger partial charge >= 0.3 is 0 Å². The second-order valence-corrected chi connectivity index (χ2v) is 5.84. The third-order valence-electron chi connectivity index (χ3n) is 3.66. The van der Waals surface area contributed by atoms with Gasteiger partial charge in [-0.15, -0.1) is 24.0 Å². The van der Waals surface area contributed by atoms with E-state index in [4.69, 9.17) is 4.52 Å².